The Balaban J connectivity index is 1.77. The second-order valence-corrected chi connectivity index (χ2v) is 20.1. The summed E-state index contributed by atoms with van der Waals surface area (Å²) in [7, 11) is 0. The number of hydrogen-bond donors (Lipinski definition) is 9. The van der Waals surface area contributed by atoms with Crippen LogP contribution in [0.25, 0.3) is 0 Å². The molecule has 1 amide bonds. The highest BCUT2D eigenvalue weighted by atomic mass is 16.7. The number of allylic oxidation sites excluding steroid dienone is 1. The van der Waals surface area contributed by atoms with Gasteiger partial charge in [-0.15, -0.1) is 0 Å². The van der Waals surface area contributed by atoms with Crippen molar-refractivity contribution in [2.24, 2.45) is 0 Å². The predicted molar refractivity (Wildman–Crippen MR) is 268 cm³/mol. The van der Waals surface area contributed by atoms with Gasteiger partial charge in [-0.05, 0) is 19.3 Å². The van der Waals surface area contributed by atoms with Gasteiger partial charge in [-0.1, -0.05) is 219 Å². The van der Waals surface area contributed by atoms with E-state index in [1.54, 1.807) is 6.08 Å². The Kier molecular flexibility index (Phi) is 38.1. The number of carbonyl (C=O) groups is 1. The summed E-state index contributed by atoms with van der Waals surface area (Å²) in [5.74, 6) is -0.236. The third-order valence-corrected chi connectivity index (χ3v) is 14.0. The van der Waals surface area contributed by atoms with Gasteiger partial charge in [0.1, 0.15) is 48.8 Å². The quantitative estimate of drug-likeness (QED) is 0.0207. The Hall–Kier alpha value is -1.27. The molecule has 9 N–H and O–H groups in total. The van der Waals surface area contributed by atoms with Crippen LogP contribution < -0.4 is 5.32 Å². The maximum atomic E-state index is 13.2. The molecular weight excluding hydrogens is 871 g/mol. The van der Waals surface area contributed by atoms with Crippen LogP contribution >= 0.6 is 0 Å². The smallest absolute Gasteiger partial charge is 0.220 e. The lowest BCUT2D eigenvalue weighted by Gasteiger charge is -2.46. The number of aliphatic hydroxyl groups excluding tert-OH is 8. The Bertz CT molecular complexity index is 1200. The molecule has 2 aliphatic heterocycles. The molecule has 12 atom stereocenters. The van der Waals surface area contributed by atoms with Gasteiger partial charge >= 0.3 is 0 Å². The van der Waals surface area contributed by atoms with Crippen molar-refractivity contribution in [1.82, 2.24) is 5.32 Å². The molecule has 0 aromatic carbocycles. The maximum Gasteiger partial charge on any atom is 0.220 e. The summed E-state index contributed by atoms with van der Waals surface area (Å²) < 4.78 is 22.7. The zero-order chi connectivity index (χ0) is 49.6. The second kappa shape index (κ2) is 41.2. The van der Waals surface area contributed by atoms with E-state index in [1.165, 1.54) is 167 Å². The van der Waals surface area contributed by atoms with Gasteiger partial charge in [-0.25, -0.2) is 0 Å². The van der Waals surface area contributed by atoms with Gasteiger partial charge in [0.15, 0.2) is 12.6 Å². The summed E-state index contributed by atoms with van der Waals surface area (Å²) >= 11 is 0. The van der Waals surface area contributed by atoms with E-state index in [9.17, 15) is 45.6 Å². The van der Waals surface area contributed by atoms with Crippen molar-refractivity contribution in [2.75, 3.05) is 19.8 Å². The average Bonchev–Trinajstić information content (AvgIpc) is 3.34. The molecule has 2 heterocycles. The standard InChI is InChI=1S/C54H103NO13/c1-3-5-7-9-11-13-15-17-18-19-20-21-22-23-24-26-28-30-32-34-36-38-46(59)55-42(43(58)37-35-33-31-29-27-25-16-14-12-10-8-6-4-2)41-65-53-51(64)49(62)52(45(40-57)67-53)68-54-50(63)48(61)47(60)44(39-56)66-54/h35,37,42-45,47-54,56-58,60-64H,3-34,36,38-41H2,1-2H3,(H,55,59)/b37-35+/t42-,43+,44+,45+,47-,48-,49+,50+,51?,52+,53+,54-/m0/s1. The fraction of sp³-hybridized carbons (Fsp3) is 0.944. The minimum Gasteiger partial charge on any atom is -0.394 e. The van der Waals surface area contributed by atoms with Crippen molar-refractivity contribution in [3.63, 3.8) is 0 Å². The van der Waals surface area contributed by atoms with Gasteiger partial charge in [0.2, 0.25) is 5.91 Å². The summed E-state index contributed by atoms with van der Waals surface area (Å²) in [6, 6.07) is -0.908. The second-order valence-electron chi connectivity index (χ2n) is 20.1. The first-order valence-electron chi connectivity index (χ1n) is 27.9. The van der Waals surface area contributed by atoms with Crippen LogP contribution in [-0.2, 0) is 23.7 Å². The third-order valence-electron chi connectivity index (χ3n) is 14.0. The molecule has 2 rings (SSSR count). The monoisotopic (exact) mass is 974 g/mol. The van der Waals surface area contributed by atoms with Crippen LogP contribution in [0.1, 0.15) is 232 Å². The number of carbonyl (C=O) groups excluding carboxylic acids is 1. The normalized spacial score (nSPS) is 26.4. The SMILES string of the molecule is CCCCCCCCCCCCC/C=C/[C@@H](O)[C@H](CO[C@@H]1O[C@H](CO)[C@@H](O[C@@H]2O[C@H](CO)[C@H](O)[C@H](O)[C@H]2O)[C@H](O)C1O)NC(=O)CCCCCCCCCCCCCCCCCCCCCCC. The minimum absolute atomic E-state index is 0.236. The van der Waals surface area contributed by atoms with E-state index in [2.05, 4.69) is 19.2 Å². The molecule has 402 valence electrons. The molecule has 2 aliphatic rings. The topological polar surface area (TPSA) is 228 Å². The van der Waals surface area contributed by atoms with Crippen LogP contribution in [0, 0.1) is 0 Å². The number of amides is 1. The first-order valence-corrected chi connectivity index (χ1v) is 27.9. The Morgan fingerprint density at radius 2 is 0.912 bits per heavy atom. The maximum absolute atomic E-state index is 13.2. The summed E-state index contributed by atoms with van der Waals surface area (Å²) in [5.41, 5.74) is 0. The summed E-state index contributed by atoms with van der Waals surface area (Å²) in [5, 5.41) is 86.9. The number of ether oxygens (including phenoxy) is 4. The number of rotatable bonds is 44. The molecular formula is C54H103NO13. The highest BCUT2D eigenvalue weighted by Gasteiger charge is 2.51. The molecule has 0 bridgehead atoms. The minimum atomic E-state index is -1.78. The summed E-state index contributed by atoms with van der Waals surface area (Å²) in [4.78, 5) is 13.2. The van der Waals surface area contributed by atoms with Crippen LogP contribution in [0.15, 0.2) is 12.2 Å². The van der Waals surface area contributed by atoms with Crippen LogP contribution in [0.3, 0.4) is 0 Å². The first-order chi connectivity index (χ1) is 33.1. The van der Waals surface area contributed by atoms with Crippen LogP contribution in [0.5, 0.6) is 0 Å². The van der Waals surface area contributed by atoms with Gasteiger partial charge in [0.05, 0.1) is 32.0 Å². The molecule has 2 fully saturated rings. The van der Waals surface area contributed by atoms with E-state index in [0.717, 1.165) is 38.5 Å². The molecule has 1 unspecified atom stereocenters. The lowest BCUT2D eigenvalue weighted by atomic mass is 9.97. The van der Waals surface area contributed by atoms with Crippen molar-refractivity contribution in [1.29, 1.82) is 0 Å². The van der Waals surface area contributed by atoms with Crippen molar-refractivity contribution >= 4 is 5.91 Å². The van der Waals surface area contributed by atoms with Gasteiger partial charge in [0.25, 0.3) is 0 Å². The zero-order valence-corrected chi connectivity index (χ0v) is 42.9. The van der Waals surface area contributed by atoms with Crippen molar-refractivity contribution in [3.8, 4) is 0 Å². The molecule has 14 heteroatoms. The van der Waals surface area contributed by atoms with E-state index < -0.39 is 86.8 Å². The van der Waals surface area contributed by atoms with Gasteiger partial charge in [0, 0.05) is 6.42 Å². The van der Waals surface area contributed by atoms with Crippen molar-refractivity contribution < 1.29 is 64.6 Å². The fourth-order valence-corrected chi connectivity index (χ4v) is 9.41. The van der Waals surface area contributed by atoms with Crippen LogP contribution in [0.2, 0.25) is 0 Å². The number of unbranched alkanes of at least 4 members (excludes halogenated alkanes) is 31. The van der Waals surface area contributed by atoms with Gasteiger partial charge in [-0.3, -0.25) is 4.79 Å². The van der Waals surface area contributed by atoms with E-state index in [0.29, 0.717) is 6.42 Å². The van der Waals surface area contributed by atoms with Crippen LogP contribution in [-0.4, -0.2) is 140 Å². The van der Waals surface area contributed by atoms with E-state index in [1.807, 2.05) is 6.08 Å². The largest absolute Gasteiger partial charge is 0.394 e. The number of nitrogens with one attached hydrogen (secondary N) is 1. The Labute approximate surface area is 412 Å². The van der Waals surface area contributed by atoms with Crippen LogP contribution in [0.4, 0.5) is 0 Å². The molecule has 2 saturated heterocycles. The molecule has 0 saturated carbocycles. The Morgan fingerprint density at radius 3 is 1.35 bits per heavy atom. The number of aliphatic hydroxyl groups is 8. The first kappa shape index (κ1) is 62.8. The van der Waals surface area contributed by atoms with E-state index in [4.69, 9.17) is 18.9 Å². The molecule has 68 heavy (non-hydrogen) atoms. The van der Waals surface area contributed by atoms with Gasteiger partial charge in [-0.2, -0.15) is 0 Å². The molecule has 0 aromatic heterocycles. The van der Waals surface area contributed by atoms with E-state index in [-0.39, 0.29) is 18.9 Å². The summed E-state index contributed by atoms with van der Waals surface area (Å²) in [6.07, 6.45) is 28.2. The highest BCUT2D eigenvalue weighted by Crippen LogP contribution is 2.30. The zero-order valence-electron chi connectivity index (χ0n) is 42.9. The highest BCUT2D eigenvalue weighted by molar-refractivity contribution is 5.76. The molecule has 0 spiro atoms. The molecule has 0 aliphatic carbocycles. The average molecular weight is 974 g/mol. The summed E-state index contributed by atoms with van der Waals surface area (Å²) in [6.45, 7) is 2.81. The fourth-order valence-electron chi connectivity index (χ4n) is 9.41. The Morgan fingerprint density at radius 1 is 0.515 bits per heavy atom. The lowest BCUT2D eigenvalue weighted by Crippen LogP contribution is -2.65. The van der Waals surface area contributed by atoms with E-state index >= 15 is 0 Å². The van der Waals surface area contributed by atoms with Crippen molar-refractivity contribution in [3.05, 3.63) is 12.2 Å². The van der Waals surface area contributed by atoms with Crippen molar-refractivity contribution in [2.45, 2.75) is 306 Å². The molecule has 14 nitrogen and oxygen atoms in total. The molecule has 0 radical (unpaired) electrons. The third kappa shape index (κ3) is 27.5. The van der Waals surface area contributed by atoms with Gasteiger partial charge < -0.3 is 65.1 Å². The number of hydrogen-bond acceptors (Lipinski definition) is 13. The lowest BCUT2D eigenvalue weighted by molar-refractivity contribution is -0.359. The predicted octanol–water partition coefficient (Wildman–Crippen LogP) is 8.33. The molecule has 0 aromatic rings.